The number of thiocarbonyl (C=S) groups is 1. The first-order valence-electron chi connectivity index (χ1n) is 7.17. The second-order valence-electron chi connectivity index (χ2n) is 6.57. The van der Waals surface area contributed by atoms with Crippen molar-refractivity contribution in [2.75, 3.05) is 11.9 Å². The van der Waals surface area contributed by atoms with E-state index in [2.05, 4.69) is 35.8 Å². The van der Waals surface area contributed by atoms with Crippen molar-refractivity contribution in [3.63, 3.8) is 0 Å². The van der Waals surface area contributed by atoms with Gasteiger partial charge in [-0.05, 0) is 44.1 Å². The molecule has 0 bridgehead atoms. The van der Waals surface area contributed by atoms with Crippen molar-refractivity contribution in [3.8, 4) is 0 Å². The number of anilines is 1. The molecule has 0 saturated heterocycles. The van der Waals surface area contributed by atoms with Crippen LogP contribution in [0.1, 0.15) is 50.9 Å². The van der Waals surface area contributed by atoms with Gasteiger partial charge in [0.25, 0.3) is 0 Å². The zero-order valence-corrected chi connectivity index (χ0v) is 13.6. The highest BCUT2D eigenvalue weighted by Gasteiger charge is 2.29. The van der Waals surface area contributed by atoms with E-state index in [0.29, 0.717) is 22.1 Å². The van der Waals surface area contributed by atoms with Crippen LogP contribution >= 0.6 is 12.2 Å². The zero-order chi connectivity index (χ0) is 14.9. The Kier molecular flexibility index (Phi) is 4.28. The van der Waals surface area contributed by atoms with Crippen LogP contribution in [0.2, 0.25) is 0 Å². The fraction of sp³-hybridized carbons (Fsp3) is 0.667. The standard InChI is InChI=1S/C15H24N4S/c1-10-9-12(13(16)20)18-14(17-10)19(4)11-5-7-15(2,3)8-6-11/h9,11H,5-8H2,1-4H3,(H2,16,20). The molecule has 1 heterocycles. The number of nitrogens with two attached hydrogens (primary N) is 1. The van der Waals surface area contributed by atoms with Crippen LogP contribution < -0.4 is 10.6 Å². The number of hydrogen-bond acceptors (Lipinski definition) is 4. The Morgan fingerprint density at radius 3 is 2.50 bits per heavy atom. The Labute approximate surface area is 126 Å². The van der Waals surface area contributed by atoms with Gasteiger partial charge in [0.1, 0.15) is 10.7 Å². The minimum atomic E-state index is 0.329. The summed E-state index contributed by atoms with van der Waals surface area (Å²) in [5.74, 6) is 0.734. The second kappa shape index (κ2) is 5.64. The van der Waals surface area contributed by atoms with Gasteiger partial charge in [0.2, 0.25) is 5.95 Å². The number of rotatable bonds is 3. The summed E-state index contributed by atoms with van der Waals surface area (Å²) in [6, 6.07) is 2.34. The molecule has 1 aliphatic carbocycles. The molecule has 0 spiro atoms. The first-order chi connectivity index (χ1) is 9.28. The molecule has 0 aromatic carbocycles. The Morgan fingerprint density at radius 1 is 1.35 bits per heavy atom. The molecular weight excluding hydrogens is 268 g/mol. The van der Waals surface area contributed by atoms with Crippen molar-refractivity contribution in [1.82, 2.24) is 9.97 Å². The molecule has 0 atom stereocenters. The first kappa shape index (κ1) is 15.2. The maximum atomic E-state index is 5.69. The molecule has 1 aromatic heterocycles. The highest BCUT2D eigenvalue weighted by Crippen LogP contribution is 2.37. The normalized spacial score (nSPS) is 18.8. The number of aromatic nitrogens is 2. The van der Waals surface area contributed by atoms with Gasteiger partial charge in [-0.15, -0.1) is 0 Å². The molecule has 20 heavy (non-hydrogen) atoms. The van der Waals surface area contributed by atoms with Crippen molar-refractivity contribution in [2.45, 2.75) is 52.5 Å². The highest BCUT2D eigenvalue weighted by molar-refractivity contribution is 7.80. The van der Waals surface area contributed by atoms with Crippen LogP contribution in [0.3, 0.4) is 0 Å². The number of aryl methyl sites for hydroxylation is 1. The summed E-state index contributed by atoms with van der Waals surface area (Å²) in [5, 5.41) is 0. The van der Waals surface area contributed by atoms with E-state index in [1.54, 1.807) is 0 Å². The van der Waals surface area contributed by atoms with Crippen LogP contribution in [0.5, 0.6) is 0 Å². The Bertz CT molecular complexity index is 503. The van der Waals surface area contributed by atoms with Gasteiger partial charge in [-0.3, -0.25) is 0 Å². The van der Waals surface area contributed by atoms with Gasteiger partial charge in [-0.1, -0.05) is 26.1 Å². The summed E-state index contributed by atoms with van der Waals surface area (Å²) in [6.07, 6.45) is 4.86. The van der Waals surface area contributed by atoms with E-state index in [1.165, 1.54) is 25.7 Å². The summed E-state index contributed by atoms with van der Waals surface area (Å²) in [6.45, 7) is 6.64. The van der Waals surface area contributed by atoms with Crippen molar-refractivity contribution < 1.29 is 0 Å². The van der Waals surface area contributed by atoms with Crippen LogP contribution in [0.25, 0.3) is 0 Å². The van der Waals surface area contributed by atoms with Gasteiger partial charge in [0.15, 0.2) is 0 Å². The molecule has 4 nitrogen and oxygen atoms in total. The Morgan fingerprint density at radius 2 is 1.95 bits per heavy atom. The van der Waals surface area contributed by atoms with Crippen LogP contribution in [0.15, 0.2) is 6.07 Å². The highest BCUT2D eigenvalue weighted by atomic mass is 32.1. The van der Waals surface area contributed by atoms with E-state index in [0.717, 1.165) is 11.6 Å². The van der Waals surface area contributed by atoms with Crippen LogP contribution in [0.4, 0.5) is 5.95 Å². The average molecular weight is 292 g/mol. The summed E-state index contributed by atoms with van der Waals surface area (Å²) >= 11 is 5.02. The minimum absolute atomic E-state index is 0.329. The van der Waals surface area contributed by atoms with Crippen molar-refractivity contribution >= 4 is 23.2 Å². The largest absolute Gasteiger partial charge is 0.388 e. The average Bonchev–Trinajstić information content (AvgIpc) is 2.37. The molecule has 0 unspecified atom stereocenters. The van der Waals surface area contributed by atoms with E-state index >= 15 is 0 Å². The molecule has 0 radical (unpaired) electrons. The lowest BCUT2D eigenvalue weighted by Gasteiger charge is -2.38. The predicted octanol–water partition coefficient (Wildman–Crippen LogP) is 2.82. The quantitative estimate of drug-likeness (QED) is 0.868. The van der Waals surface area contributed by atoms with E-state index in [4.69, 9.17) is 18.0 Å². The molecule has 2 rings (SSSR count). The van der Waals surface area contributed by atoms with E-state index in [9.17, 15) is 0 Å². The van der Waals surface area contributed by atoms with Gasteiger partial charge in [-0.2, -0.15) is 0 Å². The summed E-state index contributed by atoms with van der Waals surface area (Å²) in [4.78, 5) is 11.5. The molecule has 0 amide bonds. The topological polar surface area (TPSA) is 55.0 Å². The first-order valence-corrected chi connectivity index (χ1v) is 7.58. The van der Waals surface area contributed by atoms with E-state index < -0.39 is 0 Å². The molecule has 0 aliphatic heterocycles. The van der Waals surface area contributed by atoms with Crippen LogP contribution in [0, 0.1) is 12.3 Å². The smallest absolute Gasteiger partial charge is 0.226 e. The molecule has 110 valence electrons. The van der Waals surface area contributed by atoms with Gasteiger partial charge in [0.05, 0.1) is 0 Å². The molecule has 1 saturated carbocycles. The lowest BCUT2D eigenvalue weighted by Crippen LogP contribution is -2.38. The lowest BCUT2D eigenvalue weighted by molar-refractivity contribution is 0.222. The van der Waals surface area contributed by atoms with Gasteiger partial charge >= 0.3 is 0 Å². The number of hydrogen-bond donors (Lipinski definition) is 1. The van der Waals surface area contributed by atoms with E-state index in [1.807, 2.05) is 13.0 Å². The third-order valence-electron chi connectivity index (χ3n) is 4.27. The van der Waals surface area contributed by atoms with Crippen molar-refractivity contribution in [1.29, 1.82) is 0 Å². The van der Waals surface area contributed by atoms with Gasteiger partial charge < -0.3 is 10.6 Å². The fourth-order valence-corrected chi connectivity index (χ4v) is 2.88. The van der Waals surface area contributed by atoms with Crippen molar-refractivity contribution in [2.24, 2.45) is 11.1 Å². The van der Waals surface area contributed by atoms with Gasteiger partial charge in [-0.25, -0.2) is 9.97 Å². The number of nitrogens with zero attached hydrogens (tertiary/aromatic N) is 3. The van der Waals surface area contributed by atoms with Crippen molar-refractivity contribution in [3.05, 3.63) is 17.5 Å². The van der Waals surface area contributed by atoms with Crippen LogP contribution in [-0.2, 0) is 0 Å². The summed E-state index contributed by atoms with van der Waals surface area (Å²) < 4.78 is 0. The molecular formula is C15H24N4S. The molecule has 1 aromatic rings. The molecule has 2 N–H and O–H groups in total. The lowest BCUT2D eigenvalue weighted by atomic mass is 9.75. The maximum Gasteiger partial charge on any atom is 0.226 e. The summed E-state index contributed by atoms with van der Waals surface area (Å²) in [7, 11) is 2.07. The molecule has 1 aliphatic rings. The zero-order valence-electron chi connectivity index (χ0n) is 12.8. The third kappa shape index (κ3) is 3.45. The third-order valence-corrected chi connectivity index (χ3v) is 4.48. The SMILES string of the molecule is Cc1cc(C(N)=S)nc(N(C)C2CCC(C)(C)CC2)n1. The fourth-order valence-electron chi connectivity index (χ4n) is 2.77. The second-order valence-corrected chi connectivity index (χ2v) is 7.00. The summed E-state index contributed by atoms with van der Waals surface area (Å²) in [5.41, 5.74) is 7.72. The maximum absolute atomic E-state index is 5.69. The molecule has 1 fully saturated rings. The Balaban J connectivity index is 2.17. The van der Waals surface area contributed by atoms with E-state index in [-0.39, 0.29) is 0 Å². The molecule has 5 heteroatoms. The predicted molar refractivity (Wildman–Crippen MR) is 87.1 cm³/mol. The van der Waals surface area contributed by atoms with Gasteiger partial charge in [0, 0.05) is 18.8 Å². The van der Waals surface area contributed by atoms with Crippen LogP contribution in [-0.4, -0.2) is 28.0 Å². The monoisotopic (exact) mass is 292 g/mol. The Hall–Kier alpha value is -1.23. The minimum Gasteiger partial charge on any atom is -0.388 e.